The first-order valence-electron chi connectivity index (χ1n) is 8.88. The standard InChI is InChI=1S/C21H20N2O4S2/c1-2-29(25,26)23-18-8-6-17(7-9-18)21(24)12-5-16-3-10-20(11-4-16)27-13-19-14-28-15-22-19/h3-12,14-15,23H,2,13H2,1H3/b12-5+. The minimum absolute atomic E-state index is 0.00881. The van der Waals surface area contributed by atoms with Gasteiger partial charge in [-0.3, -0.25) is 9.52 Å². The van der Waals surface area contributed by atoms with Crippen LogP contribution in [0.15, 0.2) is 65.5 Å². The van der Waals surface area contributed by atoms with Crippen LogP contribution in [-0.2, 0) is 16.6 Å². The monoisotopic (exact) mass is 428 g/mol. The molecule has 0 saturated carbocycles. The predicted molar refractivity (Wildman–Crippen MR) is 116 cm³/mol. The number of ketones is 1. The van der Waals surface area contributed by atoms with Crippen molar-refractivity contribution in [2.75, 3.05) is 10.5 Å². The van der Waals surface area contributed by atoms with E-state index in [2.05, 4.69) is 9.71 Å². The number of carbonyl (C=O) groups is 1. The second-order valence-electron chi connectivity index (χ2n) is 6.12. The summed E-state index contributed by atoms with van der Waals surface area (Å²) >= 11 is 1.53. The van der Waals surface area contributed by atoms with E-state index in [0.717, 1.165) is 17.0 Å². The topological polar surface area (TPSA) is 85.4 Å². The van der Waals surface area contributed by atoms with Gasteiger partial charge in [-0.1, -0.05) is 18.2 Å². The summed E-state index contributed by atoms with van der Waals surface area (Å²) in [4.78, 5) is 16.5. The van der Waals surface area contributed by atoms with Gasteiger partial charge in [0, 0.05) is 16.6 Å². The van der Waals surface area contributed by atoms with Gasteiger partial charge in [-0.2, -0.15) is 0 Å². The van der Waals surface area contributed by atoms with Crippen LogP contribution in [0.5, 0.6) is 5.75 Å². The normalized spacial score (nSPS) is 11.5. The molecule has 0 atom stereocenters. The maximum absolute atomic E-state index is 12.3. The number of rotatable bonds is 9. The van der Waals surface area contributed by atoms with Crippen LogP contribution < -0.4 is 9.46 Å². The fourth-order valence-corrected chi connectivity index (χ4v) is 3.55. The van der Waals surface area contributed by atoms with Gasteiger partial charge in [0.1, 0.15) is 12.4 Å². The van der Waals surface area contributed by atoms with Crippen LogP contribution >= 0.6 is 11.3 Å². The van der Waals surface area contributed by atoms with Crippen molar-refractivity contribution in [1.29, 1.82) is 0 Å². The molecule has 3 rings (SSSR count). The van der Waals surface area contributed by atoms with E-state index < -0.39 is 10.0 Å². The van der Waals surface area contributed by atoms with E-state index in [1.165, 1.54) is 17.4 Å². The Morgan fingerprint density at radius 2 is 1.86 bits per heavy atom. The molecule has 0 aliphatic carbocycles. The van der Waals surface area contributed by atoms with E-state index >= 15 is 0 Å². The summed E-state index contributed by atoms with van der Waals surface area (Å²) in [7, 11) is -3.33. The van der Waals surface area contributed by atoms with Crippen molar-refractivity contribution in [3.63, 3.8) is 0 Å². The lowest BCUT2D eigenvalue weighted by Crippen LogP contribution is -2.14. The number of anilines is 1. The third-order valence-electron chi connectivity index (χ3n) is 4.00. The summed E-state index contributed by atoms with van der Waals surface area (Å²) in [6, 6.07) is 13.7. The Bertz CT molecular complexity index is 1070. The molecule has 8 heteroatoms. The quantitative estimate of drug-likeness (QED) is 0.404. The molecular weight excluding hydrogens is 408 g/mol. The highest BCUT2D eigenvalue weighted by Gasteiger charge is 2.07. The van der Waals surface area contributed by atoms with Crippen LogP contribution in [0.2, 0.25) is 0 Å². The van der Waals surface area contributed by atoms with E-state index in [1.54, 1.807) is 42.8 Å². The maximum atomic E-state index is 12.3. The number of hydrogen-bond donors (Lipinski definition) is 1. The number of hydrogen-bond acceptors (Lipinski definition) is 6. The molecule has 150 valence electrons. The number of thiazole rings is 1. The fraction of sp³-hybridized carbons (Fsp3) is 0.143. The van der Waals surface area contributed by atoms with Gasteiger partial charge in [-0.15, -0.1) is 11.3 Å². The SMILES string of the molecule is CCS(=O)(=O)Nc1ccc(C(=O)/C=C/c2ccc(OCc3cscn3)cc2)cc1. The highest BCUT2D eigenvalue weighted by Crippen LogP contribution is 2.16. The molecule has 2 aromatic carbocycles. The zero-order valence-corrected chi connectivity index (χ0v) is 17.4. The maximum Gasteiger partial charge on any atom is 0.232 e. The summed E-state index contributed by atoms with van der Waals surface area (Å²) in [5.74, 6) is 0.552. The number of nitrogens with zero attached hydrogens (tertiary/aromatic N) is 1. The van der Waals surface area contributed by atoms with Crippen LogP contribution in [0.25, 0.3) is 6.08 Å². The molecule has 0 spiro atoms. The predicted octanol–water partition coefficient (Wildman–Crippen LogP) is 4.38. The fourth-order valence-electron chi connectivity index (χ4n) is 2.36. The molecule has 0 aliphatic heterocycles. The van der Waals surface area contributed by atoms with Gasteiger partial charge < -0.3 is 4.74 Å². The second-order valence-corrected chi connectivity index (χ2v) is 8.85. The molecule has 0 aliphatic rings. The van der Waals surface area contributed by atoms with Gasteiger partial charge in [0.15, 0.2) is 5.78 Å². The number of carbonyl (C=O) groups excluding carboxylic acids is 1. The first-order valence-corrected chi connectivity index (χ1v) is 11.5. The molecule has 0 saturated heterocycles. The van der Waals surface area contributed by atoms with Gasteiger partial charge >= 0.3 is 0 Å². The summed E-state index contributed by atoms with van der Waals surface area (Å²) in [5.41, 5.74) is 4.43. The van der Waals surface area contributed by atoms with E-state index in [-0.39, 0.29) is 11.5 Å². The molecule has 0 unspecified atom stereocenters. The summed E-state index contributed by atoms with van der Waals surface area (Å²) < 4.78 is 31.2. The molecule has 0 amide bonds. The highest BCUT2D eigenvalue weighted by molar-refractivity contribution is 7.92. The highest BCUT2D eigenvalue weighted by atomic mass is 32.2. The summed E-state index contributed by atoms with van der Waals surface area (Å²) in [6.45, 7) is 1.98. The van der Waals surface area contributed by atoms with E-state index in [4.69, 9.17) is 4.74 Å². The van der Waals surface area contributed by atoms with Crippen molar-refractivity contribution in [2.45, 2.75) is 13.5 Å². The van der Waals surface area contributed by atoms with Crippen molar-refractivity contribution < 1.29 is 17.9 Å². The van der Waals surface area contributed by atoms with Gasteiger partial charge in [-0.25, -0.2) is 13.4 Å². The lowest BCUT2D eigenvalue weighted by atomic mass is 10.1. The largest absolute Gasteiger partial charge is 0.487 e. The Morgan fingerprint density at radius 1 is 1.14 bits per heavy atom. The first-order chi connectivity index (χ1) is 13.9. The number of benzene rings is 2. The first kappa shape index (κ1) is 20.8. The molecular formula is C21H20N2O4S2. The second kappa shape index (κ2) is 9.49. The number of allylic oxidation sites excluding steroid dienone is 1. The number of nitrogens with one attached hydrogen (secondary N) is 1. The van der Waals surface area contributed by atoms with Crippen LogP contribution in [0.3, 0.4) is 0 Å². The minimum atomic E-state index is -3.33. The van der Waals surface area contributed by atoms with Crippen molar-refractivity contribution in [3.05, 3.63) is 82.3 Å². The van der Waals surface area contributed by atoms with Crippen LogP contribution in [0, 0.1) is 0 Å². The average molecular weight is 429 g/mol. The number of aromatic nitrogens is 1. The van der Waals surface area contributed by atoms with Gasteiger partial charge in [0.05, 0.1) is 17.0 Å². The molecule has 0 bridgehead atoms. The third-order valence-corrected chi connectivity index (χ3v) is 5.94. The zero-order chi connectivity index (χ0) is 20.7. The van der Waals surface area contributed by atoms with Gasteiger partial charge in [0.2, 0.25) is 10.0 Å². The van der Waals surface area contributed by atoms with Crippen molar-refractivity contribution in [2.24, 2.45) is 0 Å². The van der Waals surface area contributed by atoms with Crippen LogP contribution in [-0.4, -0.2) is 24.9 Å². The van der Waals surface area contributed by atoms with Crippen LogP contribution in [0.4, 0.5) is 5.69 Å². The summed E-state index contributed by atoms with van der Waals surface area (Å²) in [5, 5.41) is 1.94. The van der Waals surface area contributed by atoms with E-state index in [0.29, 0.717) is 17.9 Å². The molecule has 1 N–H and O–H groups in total. The zero-order valence-electron chi connectivity index (χ0n) is 15.7. The van der Waals surface area contributed by atoms with Crippen molar-refractivity contribution in [1.82, 2.24) is 4.98 Å². The molecule has 1 aromatic heterocycles. The molecule has 6 nitrogen and oxygen atoms in total. The Kier molecular flexibility index (Phi) is 6.79. The Morgan fingerprint density at radius 3 is 2.48 bits per heavy atom. The van der Waals surface area contributed by atoms with Crippen LogP contribution in [0.1, 0.15) is 28.5 Å². The summed E-state index contributed by atoms with van der Waals surface area (Å²) in [6.07, 6.45) is 3.20. The smallest absolute Gasteiger partial charge is 0.232 e. The average Bonchev–Trinajstić information content (AvgIpc) is 3.25. The van der Waals surface area contributed by atoms with E-state index in [1.807, 2.05) is 29.6 Å². The molecule has 0 radical (unpaired) electrons. The third kappa shape index (κ3) is 6.27. The Hall–Kier alpha value is -2.97. The molecule has 0 fully saturated rings. The molecule has 29 heavy (non-hydrogen) atoms. The van der Waals surface area contributed by atoms with E-state index in [9.17, 15) is 13.2 Å². The Labute approximate surface area is 173 Å². The number of sulfonamides is 1. The number of ether oxygens (including phenoxy) is 1. The minimum Gasteiger partial charge on any atom is -0.487 e. The lowest BCUT2D eigenvalue weighted by Gasteiger charge is -2.06. The van der Waals surface area contributed by atoms with Gasteiger partial charge in [-0.05, 0) is 55.0 Å². The van der Waals surface area contributed by atoms with Crippen molar-refractivity contribution >= 4 is 38.9 Å². The lowest BCUT2D eigenvalue weighted by molar-refractivity contribution is 0.104. The molecule has 1 heterocycles. The molecule has 3 aromatic rings. The Balaban J connectivity index is 1.57. The van der Waals surface area contributed by atoms with Gasteiger partial charge in [0.25, 0.3) is 0 Å². The van der Waals surface area contributed by atoms with Crippen molar-refractivity contribution in [3.8, 4) is 5.75 Å².